The van der Waals surface area contributed by atoms with Crippen LogP contribution in [-0.2, 0) is 4.79 Å². The largest absolute Gasteiger partial charge is 0.497 e. The van der Waals surface area contributed by atoms with Gasteiger partial charge in [0.15, 0.2) is 0 Å². The minimum atomic E-state index is -0.122. The Kier molecular flexibility index (Phi) is 6.04. The van der Waals surface area contributed by atoms with Crippen LogP contribution in [0.15, 0.2) is 60.1 Å². The monoisotopic (exact) mass is 390 g/mol. The number of nitrogens with zero attached hydrogens (tertiary/aromatic N) is 2. The SMILES string of the molecule is COc1cccc(-c2csc(/C(C#N)=C\Nc3ccc(NC(C)=O)cc3)n2)c1. The number of thiazole rings is 1. The number of benzene rings is 2. The average molecular weight is 390 g/mol. The Bertz CT molecular complexity index is 1050. The second kappa shape index (κ2) is 8.84. The minimum absolute atomic E-state index is 0.122. The smallest absolute Gasteiger partial charge is 0.221 e. The van der Waals surface area contributed by atoms with Crippen LogP contribution in [0, 0.1) is 11.3 Å². The van der Waals surface area contributed by atoms with Gasteiger partial charge in [-0.25, -0.2) is 4.98 Å². The van der Waals surface area contributed by atoms with Crippen LogP contribution in [-0.4, -0.2) is 18.0 Å². The molecule has 3 rings (SSSR count). The molecular formula is C21H18N4O2S. The topological polar surface area (TPSA) is 87.0 Å². The van der Waals surface area contributed by atoms with Gasteiger partial charge in [0.1, 0.15) is 22.4 Å². The average Bonchev–Trinajstić information content (AvgIpc) is 3.19. The van der Waals surface area contributed by atoms with E-state index in [1.165, 1.54) is 18.3 Å². The first kappa shape index (κ1) is 19.1. The predicted octanol–water partition coefficient (Wildman–Crippen LogP) is 4.75. The number of carbonyl (C=O) groups excluding carboxylic acids is 1. The standard InChI is InChI=1S/C21H18N4O2S/c1-14(26)24-18-8-6-17(7-9-18)23-12-16(11-22)21-25-20(13-28-21)15-4-3-5-19(10-15)27-2/h3-10,12-13,23H,1-2H3,(H,24,26)/b16-12-. The van der Waals surface area contributed by atoms with Crippen molar-refractivity contribution in [3.05, 3.63) is 65.1 Å². The van der Waals surface area contributed by atoms with E-state index < -0.39 is 0 Å². The number of aromatic nitrogens is 1. The molecule has 0 fully saturated rings. The molecular weight excluding hydrogens is 372 g/mol. The Morgan fingerprint density at radius 3 is 2.64 bits per heavy atom. The van der Waals surface area contributed by atoms with Crippen molar-refractivity contribution >= 4 is 34.2 Å². The summed E-state index contributed by atoms with van der Waals surface area (Å²) in [5.74, 6) is 0.635. The Balaban J connectivity index is 1.75. The molecule has 6 nitrogen and oxygen atoms in total. The van der Waals surface area contributed by atoms with Crippen LogP contribution >= 0.6 is 11.3 Å². The quantitative estimate of drug-likeness (QED) is 0.593. The van der Waals surface area contributed by atoms with Gasteiger partial charge in [0.25, 0.3) is 0 Å². The van der Waals surface area contributed by atoms with Gasteiger partial charge in [-0.3, -0.25) is 4.79 Å². The number of rotatable bonds is 6. The lowest BCUT2D eigenvalue weighted by Gasteiger charge is -2.05. The van der Waals surface area contributed by atoms with Crippen LogP contribution in [0.5, 0.6) is 5.75 Å². The molecule has 0 aliphatic carbocycles. The van der Waals surface area contributed by atoms with Gasteiger partial charge in [0, 0.05) is 35.4 Å². The molecule has 1 amide bonds. The van der Waals surface area contributed by atoms with E-state index in [0.717, 1.165) is 22.7 Å². The first-order valence-corrected chi connectivity index (χ1v) is 9.32. The van der Waals surface area contributed by atoms with Crippen molar-refractivity contribution in [1.82, 2.24) is 4.98 Å². The maximum atomic E-state index is 11.1. The van der Waals surface area contributed by atoms with Crippen LogP contribution in [0.4, 0.5) is 11.4 Å². The normalized spacial score (nSPS) is 10.8. The van der Waals surface area contributed by atoms with E-state index in [4.69, 9.17) is 4.74 Å². The molecule has 140 valence electrons. The molecule has 0 unspecified atom stereocenters. The lowest BCUT2D eigenvalue weighted by Crippen LogP contribution is -2.05. The van der Waals surface area contributed by atoms with Gasteiger partial charge in [0.2, 0.25) is 5.91 Å². The van der Waals surface area contributed by atoms with E-state index in [-0.39, 0.29) is 5.91 Å². The van der Waals surface area contributed by atoms with Crippen molar-refractivity contribution in [2.75, 3.05) is 17.7 Å². The second-order valence-electron chi connectivity index (χ2n) is 5.84. The van der Waals surface area contributed by atoms with E-state index in [0.29, 0.717) is 16.3 Å². The Morgan fingerprint density at radius 2 is 1.96 bits per heavy atom. The van der Waals surface area contributed by atoms with Crippen LogP contribution in [0.1, 0.15) is 11.9 Å². The fourth-order valence-electron chi connectivity index (χ4n) is 2.46. The van der Waals surface area contributed by atoms with Crippen LogP contribution in [0.2, 0.25) is 0 Å². The zero-order valence-corrected chi connectivity index (χ0v) is 16.2. The first-order chi connectivity index (χ1) is 13.6. The molecule has 3 aromatic rings. The molecule has 2 aromatic carbocycles. The van der Waals surface area contributed by atoms with E-state index >= 15 is 0 Å². The number of ether oxygens (including phenoxy) is 1. The molecule has 1 heterocycles. The lowest BCUT2D eigenvalue weighted by atomic mass is 10.1. The van der Waals surface area contributed by atoms with E-state index in [1.807, 2.05) is 41.8 Å². The highest BCUT2D eigenvalue weighted by atomic mass is 32.1. The van der Waals surface area contributed by atoms with Crippen molar-refractivity contribution in [1.29, 1.82) is 5.26 Å². The summed E-state index contributed by atoms with van der Waals surface area (Å²) in [4.78, 5) is 15.6. The molecule has 7 heteroatoms. The van der Waals surface area contributed by atoms with Gasteiger partial charge in [-0.1, -0.05) is 12.1 Å². The maximum Gasteiger partial charge on any atom is 0.221 e. The summed E-state index contributed by atoms with van der Waals surface area (Å²) in [6.07, 6.45) is 1.63. The Hall–Kier alpha value is -3.63. The molecule has 0 atom stereocenters. The zero-order chi connectivity index (χ0) is 19.9. The summed E-state index contributed by atoms with van der Waals surface area (Å²) in [5, 5.41) is 17.8. The van der Waals surface area contributed by atoms with E-state index in [2.05, 4.69) is 21.7 Å². The third kappa shape index (κ3) is 4.75. The van der Waals surface area contributed by atoms with Crippen LogP contribution < -0.4 is 15.4 Å². The third-order valence-corrected chi connectivity index (χ3v) is 4.68. The van der Waals surface area contributed by atoms with Crippen LogP contribution in [0.25, 0.3) is 16.8 Å². The van der Waals surface area contributed by atoms with Crippen LogP contribution in [0.3, 0.4) is 0 Å². The summed E-state index contributed by atoms with van der Waals surface area (Å²) < 4.78 is 5.25. The number of hydrogen-bond donors (Lipinski definition) is 2. The van der Waals surface area contributed by atoms with Gasteiger partial charge in [-0.05, 0) is 36.4 Å². The summed E-state index contributed by atoms with van der Waals surface area (Å²) in [5.41, 5.74) is 3.67. The summed E-state index contributed by atoms with van der Waals surface area (Å²) in [6.45, 7) is 1.46. The molecule has 0 aliphatic rings. The fourth-order valence-corrected chi connectivity index (χ4v) is 3.26. The molecule has 0 spiro atoms. The molecule has 1 aromatic heterocycles. The summed E-state index contributed by atoms with van der Waals surface area (Å²) in [7, 11) is 1.62. The van der Waals surface area contributed by atoms with E-state index in [9.17, 15) is 10.1 Å². The van der Waals surface area contributed by atoms with Gasteiger partial charge in [-0.15, -0.1) is 11.3 Å². The first-order valence-electron chi connectivity index (χ1n) is 8.44. The van der Waals surface area contributed by atoms with Gasteiger partial charge in [0.05, 0.1) is 12.8 Å². The summed E-state index contributed by atoms with van der Waals surface area (Å²) >= 11 is 1.40. The van der Waals surface area contributed by atoms with E-state index in [1.54, 1.807) is 25.4 Å². The van der Waals surface area contributed by atoms with Gasteiger partial charge < -0.3 is 15.4 Å². The van der Waals surface area contributed by atoms with Crippen molar-refractivity contribution < 1.29 is 9.53 Å². The number of nitriles is 1. The molecule has 0 saturated carbocycles. The highest BCUT2D eigenvalue weighted by molar-refractivity contribution is 7.11. The van der Waals surface area contributed by atoms with Gasteiger partial charge in [-0.2, -0.15) is 5.26 Å². The number of amides is 1. The fraction of sp³-hybridized carbons (Fsp3) is 0.0952. The highest BCUT2D eigenvalue weighted by Gasteiger charge is 2.09. The number of hydrogen-bond acceptors (Lipinski definition) is 6. The summed E-state index contributed by atoms with van der Waals surface area (Å²) in [6, 6.07) is 17.0. The van der Waals surface area contributed by atoms with Crippen molar-refractivity contribution in [3.63, 3.8) is 0 Å². The molecule has 28 heavy (non-hydrogen) atoms. The maximum absolute atomic E-state index is 11.1. The predicted molar refractivity (Wildman–Crippen MR) is 112 cm³/mol. The number of allylic oxidation sites excluding steroid dienone is 1. The number of methoxy groups -OCH3 is 1. The Labute approximate surface area is 167 Å². The number of anilines is 2. The third-order valence-electron chi connectivity index (χ3n) is 3.81. The Morgan fingerprint density at radius 1 is 1.21 bits per heavy atom. The minimum Gasteiger partial charge on any atom is -0.497 e. The van der Waals surface area contributed by atoms with Crippen molar-refractivity contribution in [2.45, 2.75) is 6.92 Å². The van der Waals surface area contributed by atoms with Crippen molar-refractivity contribution in [3.8, 4) is 23.1 Å². The number of nitrogens with one attached hydrogen (secondary N) is 2. The molecule has 0 radical (unpaired) electrons. The molecule has 2 N–H and O–H groups in total. The van der Waals surface area contributed by atoms with Gasteiger partial charge >= 0.3 is 0 Å². The number of carbonyl (C=O) groups is 1. The highest BCUT2D eigenvalue weighted by Crippen LogP contribution is 2.28. The zero-order valence-electron chi connectivity index (χ0n) is 15.4. The second-order valence-corrected chi connectivity index (χ2v) is 6.70. The lowest BCUT2D eigenvalue weighted by molar-refractivity contribution is -0.114. The molecule has 0 saturated heterocycles. The molecule has 0 aliphatic heterocycles. The van der Waals surface area contributed by atoms with Crippen molar-refractivity contribution in [2.24, 2.45) is 0 Å². The molecule has 0 bridgehead atoms.